The van der Waals surface area contributed by atoms with E-state index >= 15 is 0 Å². The number of carbonyl (C=O) groups excluding carboxylic acids is 1. The number of aromatic nitrogens is 2. The van der Waals surface area contributed by atoms with Crippen LogP contribution >= 0.6 is 0 Å². The number of amides is 1. The van der Waals surface area contributed by atoms with Crippen LogP contribution in [0.2, 0.25) is 0 Å². The molecule has 0 aliphatic heterocycles. The van der Waals surface area contributed by atoms with Crippen molar-refractivity contribution < 1.29 is 9.53 Å². The number of ether oxygens (including phenoxy) is 1. The summed E-state index contributed by atoms with van der Waals surface area (Å²) in [6, 6.07) is 0. The molecule has 8 nitrogen and oxygen atoms in total. The molecule has 0 atom stereocenters. The lowest BCUT2D eigenvalue weighted by Gasteiger charge is -2.25. The molecule has 0 saturated heterocycles. The van der Waals surface area contributed by atoms with Crippen LogP contribution in [0.25, 0.3) is 0 Å². The summed E-state index contributed by atoms with van der Waals surface area (Å²) in [4.78, 5) is 19.3. The average molecular weight is 296 g/mol. The summed E-state index contributed by atoms with van der Waals surface area (Å²) in [6.45, 7) is 9.79. The molecular weight excluding hydrogens is 272 g/mol. The third-order valence-corrected chi connectivity index (χ3v) is 2.36. The maximum Gasteiger partial charge on any atom is 0.405 e. The molecule has 0 radical (unpaired) electrons. The Morgan fingerprint density at radius 1 is 1.33 bits per heavy atom. The molecule has 1 aromatic heterocycles. The fraction of sp³-hybridized carbons (Fsp3) is 0.615. The summed E-state index contributed by atoms with van der Waals surface area (Å²) >= 11 is 0. The molecule has 0 aromatic carbocycles. The molecule has 1 aromatic rings. The molecule has 0 aliphatic carbocycles. The number of carbonyl (C=O) groups is 1. The molecule has 6 N–H and O–H groups in total. The minimum absolute atomic E-state index is 0.165. The molecule has 8 heteroatoms. The summed E-state index contributed by atoms with van der Waals surface area (Å²) in [5.74, 6) is 0.936. The van der Waals surface area contributed by atoms with Crippen LogP contribution in [0.3, 0.4) is 0 Å². The van der Waals surface area contributed by atoms with Crippen LogP contribution in [0.4, 0.5) is 22.2 Å². The highest BCUT2D eigenvalue weighted by Crippen LogP contribution is 2.19. The molecule has 118 valence electrons. The predicted octanol–water partition coefficient (Wildman–Crippen LogP) is 1.55. The van der Waals surface area contributed by atoms with E-state index in [2.05, 4.69) is 20.6 Å². The van der Waals surface area contributed by atoms with Gasteiger partial charge in [0, 0.05) is 5.54 Å². The van der Waals surface area contributed by atoms with Gasteiger partial charge in [-0.3, -0.25) is 0 Å². The fourth-order valence-corrected chi connectivity index (χ4v) is 1.53. The second-order valence-corrected chi connectivity index (χ2v) is 6.41. The van der Waals surface area contributed by atoms with E-state index in [0.717, 1.165) is 0 Å². The van der Waals surface area contributed by atoms with Gasteiger partial charge in [0.25, 0.3) is 0 Å². The highest BCUT2D eigenvalue weighted by Gasteiger charge is 2.22. The lowest BCUT2D eigenvalue weighted by atomic mass is 10.1. The third kappa shape index (κ3) is 6.15. The lowest BCUT2D eigenvalue weighted by Crippen LogP contribution is -2.38. The van der Waals surface area contributed by atoms with Gasteiger partial charge in [-0.2, -0.15) is 4.98 Å². The van der Waals surface area contributed by atoms with Gasteiger partial charge in [-0.05, 0) is 34.6 Å². The van der Waals surface area contributed by atoms with Crippen LogP contribution in [-0.2, 0) is 4.74 Å². The zero-order chi connectivity index (χ0) is 16.3. The van der Waals surface area contributed by atoms with Gasteiger partial charge in [-0.15, -0.1) is 0 Å². The minimum atomic E-state index is -0.826. The first-order valence-electron chi connectivity index (χ1n) is 6.61. The third-order valence-electron chi connectivity index (χ3n) is 2.36. The van der Waals surface area contributed by atoms with E-state index in [0.29, 0.717) is 24.0 Å². The van der Waals surface area contributed by atoms with E-state index in [1.54, 1.807) is 13.8 Å². The van der Waals surface area contributed by atoms with Crippen LogP contribution in [0.15, 0.2) is 6.20 Å². The van der Waals surface area contributed by atoms with Crippen molar-refractivity contribution >= 4 is 23.5 Å². The van der Waals surface area contributed by atoms with Crippen molar-refractivity contribution in [3.05, 3.63) is 6.20 Å². The Kier molecular flexibility index (Phi) is 4.82. The van der Waals surface area contributed by atoms with Crippen molar-refractivity contribution in [2.75, 3.05) is 22.9 Å². The number of nitrogens with zero attached hydrogens (tertiary/aromatic N) is 2. The first-order valence-corrected chi connectivity index (χ1v) is 6.61. The average Bonchev–Trinajstić information content (AvgIpc) is 2.26. The van der Waals surface area contributed by atoms with Gasteiger partial charge < -0.3 is 26.8 Å². The highest BCUT2D eigenvalue weighted by atomic mass is 16.6. The van der Waals surface area contributed by atoms with Crippen molar-refractivity contribution in [3.63, 3.8) is 0 Å². The fourth-order valence-electron chi connectivity index (χ4n) is 1.53. The molecule has 0 fully saturated rings. The predicted molar refractivity (Wildman–Crippen MR) is 83.1 cm³/mol. The second kappa shape index (κ2) is 6.02. The highest BCUT2D eigenvalue weighted by molar-refractivity contribution is 5.65. The molecule has 0 bridgehead atoms. The number of hydrogen-bond acceptors (Lipinski definition) is 7. The molecule has 0 saturated carbocycles. The monoisotopic (exact) mass is 296 g/mol. The van der Waals surface area contributed by atoms with E-state index < -0.39 is 11.7 Å². The quantitative estimate of drug-likeness (QED) is 0.649. The summed E-state index contributed by atoms with van der Waals surface area (Å²) < 4.78 is 4.99. The smallest absolute Gasteiger partial charge is 0.405 e. The molecular formula is C13H24N6O2. The Morgan fingerprint density at radius 2 is 1.95 bits per heavy atom. The molecule has 0 spiro atoms. The number of primary amides is 1. The normalized spacial score (nSPS) is 11.9. The zero-order valence-corrected chi connectivity index (χ0v) is 13.2. The standard InChI is InChI=1S/C13H24N6O2/c1-12(2,3)19-11-16-6-8(14)9(18-11)17-7-13(4,5)21-10(15)20/h6H,7,14H2,1-5H3,(H2,15,20)(H2,16,17,18,19). The topological polar surface area (TPSA) is 128 Å². The van der Waals surface area contributed by atoms with Gasteiger partial charge in [0.1, 0.15) is 5.60 Å². The number of nitrogens with two attached hydrogens (primary N) is 2. The van der Waals surface area contributed by atoms with E-state index in [1.807, 2.05) is 20.8 Å². The number of rotatable bonds is 5. The van der Waals surface area contributed by atoms with Gasteiger partial charge in [0.15, 0.2) is 5.82 Å². The molecule has 1 rings (SSSR count). The molecule has 21 heavy (non-hydrogen) atoms. The number of nitrogens with one attached hydrogen (secondary N) is 2. The van der Waals surface area contributed by atoms with E-state index in [9.17, 15) is 4.79 Å². The second-order valence-electron chi connectivity index (χ2n) is 6.41. The SMILES string of the molecule is CC(C)(C)Nc1ncc(N)c(NCC(C)(C)OC(N)=O)n1. The van der Waals surface area contributed by atoms with Gasteiger partial charge >= 0.3 is 6.09 Å². The van der Waals surface area contributed by atoms with Gasteiger partial charge in [-0.1, -0.05) is 0 Å². The zero-order valence-electron chi connectivity index (χ0n) is 13.2. The Labute approximate surface area is 124 Å². The number of nitrogen functional groups attached to an aromatic ring is 1. The van der Waals surface area contributed by atoms with E-state index in [1.165, 1.54) is 6.20 Å². The van der Waals surface area contributed by atoms with E-state index in [4.69, 9.17) is 16.2 Å². The minimum Gasteiger partial charge on any atom is -0.442 e. The van der Waals surface area contributed by atoms with Crippen LogP contribution in [0.5, 0.6) is 0 Å². The first-order chi connectivity index (χ1) is 9.48. The van der Waals surface area contributed by atoms with Crippen molar-refractivity contribution in [3.8, 4) is 0 Å². The lowest BCUT2D eigenvalue weighted by molar-refractivity contribution is 0.0553. The number of anilines is 3. The van der Waals surface area contributed by atoms with Gasteiger partial charge in [0.05, 0.1) is 18.4 Å². The Bertz CT molecular complexity index is 510. The number of hydrogen-bond donors (Lipinski definition) is 4. The molecule has 0 aliphatic rings. The van der Waals surface area contributed by atoms with Crippen LogP contribution in [-0.4, -0.2) is 33.7 Å². The first kappa shape index (κ1) is 16.8. The largest absolute Gasteiger partial charge is 0.442 e. The van der Waals surface area contributed by atoms with Crippen LogP contribution < -0.4 is 22.1 Å². The van der Waals surface area contributed by atoms with Gasteiger partial charge in [0.2, 0.25) is 5.95 Å². The Morgan fingerprint density at radius 3 is 2.48 bits per heavy atom. The van der Waals surface area contributed by atoms with Crippen LogP contribution in [0, 0.1) is 0 Å². The molecule has 1 amide bonds. The molecule has 0 unspecified atom stereocenters. The summed E-state index contributed by atoms with van der Waals surface area (Å²) in [7, 11) is 0. The van der Waals surface area contributed by atoms with Crippen molar-refractivity contribution in [2.24, 2.45) is 5.73 Å². The summed E-state index contributed by atoms with van der Waals surface area (Å²) in [5, 5.41) is 6.19. The van der Waals surface area contributed by atoms with Gasteiger partial charge in [-0.25, -0.2) is 9.78 Å². The molecule has 1 heterocycles. The maximum atomic E-state index is 10.8. The Balaban J connectivity index is 2.79. The summed E-state index contributed by atoms with van der Waals surface area (Å²) in [6.07, 6.45) is 0.693. The van der Waals surface area contributed by atoms with Crippen molar-refractivity contribution in [1.29, 1.82) is 0 Å². The van der Waals surface area contributed by atoms with Crippen LogP contribution in [0.1, 0.15) is 34.6 Å². The van der Waals surface area contributed by atoms with E-state index in [-0.39, 0.29) is 5.54 Å². The van der Waals surface area contributed by atoms with Crippen molar-refractivity contribution in [2.45, 2.75) is 45.8 Å². The summed E-state index contributed by atoms with van der Waals surface area (Å²) in [5.41, 5.74) is 10.3. The Hall–Kier alpha value is -2.25. The maximum absolute atomic E-state index is 10.8. The van der Waals surface area contributed by atoms with Crippen molar-refractivity contribution in [1.82, 2.24) is 9.97 Å².